The molecule has 2 unspecified atom stereocenters. The summed E-state index contributed by atoms with van der Waals surface area (Å²) in [6.45, 7) is 0.603. The molecule has 2 aliphatic heterocycles. The molecule has 3 heterocycles. The average molecular weight is 253 g/mol. The van der Waals surface area contributed by atoms with E-state index in [9.17, 15) is 0 Å². The molecule has 90 valence electrons. The van der Waals surface area contributed by atoms with Gasteiger partial charge in [0.1, 0.15) is 6.67 Å². The maximum absolute atomic E-state index is 9.08. The van der Waals surface area contributed by atoms with E-state index in [2.05, 4.69) is 20.6 Å². The first-order chi connectivity index (χ1) is 8.29. The Hall–Kier alpha value is -1.30. The Kier molecular flexibility index (Phi) is 2.66. The van der Waals surface area contributed by atoms with E-state index in [0.717, 1.165) is 16.9 Å². The molecule has 0 aromatic carbocycles. The van der Waals surface area contributed by atoms with Crippen LogP contribution in [0.15, 0.2) is 23.3 Å². The zero-order chi connectivity index (χ0) is 11.8. The third kappa shape index (κ3) is 1.76. The summed E-state index contributed by atoms with van der Waals surface area (Å²) in [5.41, 5.74) is 2.92. The van der Waals surface area contributed by atoms with Gasteiger partial charge in [-0.25, -0.2) is 4.99 Å². The zero-order valence-electron chi connectivity index (χ0n) is 9.07. The lowest BCUT2D eigenvalue weighted by molar-refractivity contribution is 0.266. The molecular formula is C11H13ClN4O. The van der Waals surface area contributed by atoms with Crippen molar-refractivity contribution in [1.29, 1.82) is 0 Å². The van der Waals surface area contributed by atoms with Crippen molar-refractivity contribution in [3.05, 3.63) is 29.6 Å². The summed E-state index contributed by atoms with van der Waals surface area (Å²) in [7, 11) is 0. The van der Waals surface area contributed by atoms with Crippen LogP contribution in [-0.2, 0) is 0 Å². The van der Waals surface area contributed by atoms with Crippen LogP contribution in [0.25, 0.3) is 0 Å². The quantitative estimate of drug-likeness (QED) is 0.592. The Bertz CT molecular complexity index is 494. The third-order valence-corrected chi connectivity index (χ3v) is 3.36. The van der Waals surface area contributed by atoms with Crippen molar-refractivity contribution in [2.45, 2.75) is 12.1 Å². The fourth-order valence-electron chi connectivity index (χ4n) is 2.20. The van der Waals surface area contributed by atoms with Crippen molar-refractivity contribution in [2.24, 2.45) is 4.99 Å². The highest BCUT2D eigenvalue weighted by atomic mass is 35.5. The third-order valence-electron chi connectivity index (χ3n) is 3.05. The lowest BCUT2D eigenvalue weighted by Gasteiger charge is -2.17. The molecule has 0 aliphatic carbocycles. The van der Waals surface area contributed by atoms with Crippen LogP contribution >= 0.6 is 11.6 Å². The summed E-state index contributed by atoms with van der Waals surface area (Å²) in [6, 6.07) is 0.125. The summed E-state index contributed by atoms with van der Waals surface area (Å²) < 4.78 is 0. The summed E-state index contributed by atoms with van der Waals surface area (Å²) in [4.78, 5) is 7.23. The minimum absolute atomic E-state index is 0.0262. The first-order valence-electron chi connectivity index (χ1n) is 5.50. The molecule has 6 heteroatoms. The second-order valence-electron chi connectivity index (χ2n) is 4.10. The first-order valence-corrected chi connectivity index (χ1v) is 5.88. The predicted molar refractivity (Wildman–Crippen MR) is 67.6 cm³/mol. The molecule has 2 aliphatic rings. The van der Waals surface area contributed by atoms with Gasteiger partial charge in [0.25, 0.3) is 0 Å². The van der Waals surface area contributed by atoms with Crippen molar-refractivity contribution < 1.29 is 5.11 Å². The molecule has 0 fully saturated rings. The predicted octanol–water partition coefficient (Wildman–Crippen LogP) is 0.945. The summed E-state index contributed by atoms with van der Waals surface area (Å²) in [5.74, 6) is 0. The number of aliphatic hydroxyl groups excluding tert-OH is 1. The number of nitrogens with zero attached hydrogens (tertiary/aromatic N) is 1. The van der Waals surface area contributed by atoms with Gasteiger partial charge in [0.05, 0.1) is 24.0 Å². The van der Waals surface area contributed by atoms with Crippen LogP contribution in [-0.4, -0.2) is 34.6 Å². The van der Waals surface area contributed by atoms with Crippen molar-refractivity contribution in [1.82, 2.24) is 10.3 Å². The van der Waals surface area contributed by atoms with Gasteiger partial charge in [0.2, 0.25) is 0 Å². The van der Waals surface area contributed by atoms with Crippen molar-refractivity contribution in [3.8, 4) is 0 Å². The van der Waals surface area contributed by atoms with Gasteiger partial charge >= 0.3 is 0 Å². The summed E-state index contributed by atoms with van der Waals surface area (Å²) >= 11 is 6.02. The number of aromatic nitrogens is 1. The fourth-order valence-corrected chi connectivity index (χ4v) is 2.41. The smallest absolute Gasteiger partial charge is 0.151 e. The van der Waals surface area contributed by atoms with Gasteiger partial charge in [-0.3, -0.25) is 5.32 Å². The van der Waals surface area contributed by atoms with E-state index in [0.29, 0.717) is 11.8 Å². The van der Waals surface area contributed by atoms with Crippen LogP contribution in [0.5, 0.6) is 0 Å². The minimum atomic E-state index is 0.0262. The van der Waals surface area contributed by atoms with E-state index in [1.54, 1.807) is 0 Å². The van der Waals surface area contributed by atoms with Gasteiger partial charge in [0, 0.05) is 17.8 Å². The standard InChI is InChI=1S/C11H13ClN4O/c12-11-10-9(14-5-15-11)7(3-13-10)8-2-1-6(4-17)16-8/h1-3,6,8,13-14,16-17H,4-5H2. The minimum Gasteiger partial charge on any atom is -0.394 e. The lowest BCUT2D eigenvalue weighted by atomic mass is 10.1. The van der Waals surface area contributed by atoms with E-state index in [4.69, 9.17) is 16.7 Å². The number of aromatic amines is 1. The Morgan fingerprint density at radius 2 is 2.35 bits per heavy atom. The molecule has 0 amide bonds. The van der Waals surface area contributed by atoms with Crippen LogP contribution in [0.3, 0.4) is 0 Å². The van der Waals surface area contributed by atoms with Gasteiger partial charge < -0.3 is 15.4 Å². The molecular weight excluding hydrogens is 240 g/mol. The van der Waals surface area contributed by atoms with Gasteiger partial charge in [0.15, 0.2) is 5.17 Å². The highest BCUT2D eigenvalue weighted by Gasteiger charge is 2.25. The number of halogens is 1. The molecule has 1 aromatic heterocycles. The number of aliphatic imine (C=N–C) groups is 1. The van der Waals surface area contributed by atoms with Gasteiger partial charge in [-0.15, -0.1) is 0 Å². The molecule has 0 bridgehead atoms. The monoisotopic (exact) mass is 252 g/mol. The molecule has 1 aromatic rings. The lowest BCUT2D eigenvalue weighted by Crippen LogP contribution is -2.28. The number of fused-ring (bicyclic) bond motifs is 1. The number of aliphatic hydroxyl groups is 1. The molecule has 3 rings (SSSR count). The molecule has 2 atom stereocenters. The highest BCUT2D eigenvalue weighted by Crippen LogP contribution is 2.32. The number of hydrogen-bond acceptors (Lipinski definition) is 4. The fraction of sp³-hybridized carbons (Fsp3) is 0.364. The number of anilines is 1. The average Bonchev–Trinajstić information content (AvgIpc) is 2.94. The van der Waals surface area contributed by atoms with E-state index in [1.165, 1.54) is 0 Å². The number of nitrogens with one attached hydrogen (secondary N) is 3. The van der Waals surface area contributed by atoms with E-state index in [-0.39, 0.29) is 18.7 Å². The number of H-pyrrole nitrogens is 1. The second-order valence-corrected chi connectivity index (χ2v) is 4.45. The Morgan fingerprint density at radius 1 is 1.47 bits per heavy atom. The van der Waals surface area contributed by atoms with E-state index < -0.39 is 0 Å². The topological polar surface area (TPSA) is 72.4 Å². The molecule has 5 nitrogen and oxygen atoms in total. The Morgan fingerprint density at radius 3 is 3.12 bits per heavy atom. The summed E-state index contributed by atoms with van der Waals surface area (Å²) in [6.07, 6.45) is 5.94. The first kappa shape index (κ1) is 10.8. The van der Waals surface area contributed by atoms with Crippen LogP contribution in [0, 0.1) is 0 Å². The van der Waals surface area contributed by atoms with Crippen LogP contribution in [0.4, 0.5) is 5.69 Å². The van der Waals surface area contributed by atoms with Gasteiger partial charge in [-0.05, 0) is 0 Å². The maximum atomic E-state index is 9.08. The largest absolute Gasteiger partial charge is 0.394 e. The molecule has 0 spiro atoms. The molecule has 17 heavy (non-hydrogen) atoms. The maximum Gasteiger partial charge on any atom is 0.151 e. The van der Waals surface area contributed by atoms with Crippen molar-refractivity contribution in [2.75, 3.05) is 18.6 Å². The van der Waals surface area contributed by atoms with Crippen LogP contribution in [0.1, 0.15) is 17.3 Å². The summed E-state index contributed by atoms with van der Waals surface area (Å²) in [5, 5.41) is 16.1. The van der Waals surface area contributed by atoms with E-state index >= 15 is 0 Å². The highest BCUT2D eigenvalue weighted by molar-refractivity contribution is 6.70. The second kappa shape index (κ2) is 4.18. The van der Waals surface area contributed by atoms with Crippen molar-refractivity contribution >= 4 is 22.5 Å². The van der Waals surface area contributed by atoms with E-state index in [1.807, 2.05) is 18.3 Å². The molecule has 0 radical (unpaired) electrons. The molecule has 4 N–H and O–H groups in total. The normalized spacial score (nSPS) is 26.6. The Balaban J connectivity index is 1.91. The molecule has 0 saturated heterocycles. The zero-order valence-corrected chi connectivity index (χ0v) is 9.83. The van der Waals surface area contributed by atoms with Crippen molar-refractivity contribution in [3.63, 3.8) is 0 Å². The van der Waals surface area contributed by atoms with Gasteiger partial charge in [-0.1, -0.05) is 23.8 Å². The SMILES string of the molecule is OCC1C=CC(c2c[nH]c3c2NCN=C3Cl)N1. The molecule has 0 saturated carbocycles. The number of hydrogen-bond donors (Lipinski definition) is 4. The van der Waals surface area contributed by atoms with Crippen LogP contribution < -0.4 is 10.6 Å². The van der Waals surface area contributed by atoms with Gasteiger partial charge in [-0.2, -0.15) is 0 Å². The van der Waals surface area contributed by atoms with Crippen LogP contribution in [0.2, 0.25) is 0 Å². The Labute approximate surface area is 104 Å². The number of rotatable bonds is 2.